The van der Waals surface area contributed by atoms with E-state index in [4.69, 9.17) is 0 Å². The van der Waals surface area contributed by atoms with Gasteiger partial charge in [-0.05, 0) is 59.9 Å². The number of rotatable bonds is 6. The summed E-state index contributed by atoms with van der Waals surface area (Å²) in [6.45, 7) is 10.6. The Bertz CT molecular complexity index is 196. The molecule has 0 amide bonds. The molecule has 1 aliphatic heterocycles. The average molecular weight is 241 g/mol. The Morgan fingerprint density at radius 3 is 2.29 bits per heavy atom. The normalized spacial score (nSPS) is 22.9. The van der Waals surface area contributed by atoms with Gasteiger partial charge in [0, 0.05) is 18.1 Å². The number of piperidine rings is 1. The van der Waals surface area contributed by atoms with Crippen molar-refractivity contribution in [2.45, 2.75) is 58.2 Å². The molecule has 0 spiro atoms. The molecule has 0 saturated carbocycles. The number of nitrogens with one attached hydrogen (secondary N) is 1. The summed E-state index contributed by atoms with van der Waals surface area (Å²) in [5.41, 5.74) is 0. The number of nitrogens with zero attached hydrogens (tertiary/aromatic N) is 2. The summed E-state index contributed by atoms with van der Waals surface area (Å²) in [4.78, 5) is 5.15. The molecule has 0 aromatic heterocycles. The van der Waals surface area contributed by atoms with Crippen molar-refractivity contribution in [3.63, 3.8) is 0 Å². The fraction of sp³-hybridized carbons (Fsp3) is 1.00. The number of hydrogen-bond acceptors (Lipinski definition) is 3. The number of hydrogen-bond donors (Lipinski definition) is 1. The molecule has 3 nitrogen and oxygen atoms in total. The maximum Gasteiger partial charge on any atom is 0.0220 e. The molecule has 1 heterocycles. The quantitative estimate of drug-likeness (QED) is 0.765. The van der Waals surface area contributed by atoms with Crippen molar-refractivity contribution in [3.05, 3.63) is 0 Å². The van der Waals surface area contributed by atoms with Crippen LogP contribution < -0.4 is 5.32 Å². The highest BCUT2D eigenvalue weighted by atomic mass is 15.2. The van der Waals surface area contributed by atoms with Gasteiger partial charge in [-0.25, -0.2) is 0 Å². The lowest BCUT2D eigenvalue weighted by atomic mass is 9.99. The molecular weight excluding hydrogens is 210 g/mol. The summed E-state index contributed by atoms with van der Waals surface area (Å²) >= 11 is 0. The zero-order chi connectivity index (χ0) is 12.8. The molecule has 1 aliphatic rings. The molecular formula is C14H31N3. The van der Waals surface area contributed by atoms with Crippen LogP contribution in [-0.4, -0.2) is 61.7 Å². The standard InChI is InChI=1S/C14H31N3/c1-6-14(15-4)12(3)16(5)13-8-10-17(7-2)11-9-13/h12-15H,6-11H2,1-5H3. The highest BCUT2D eigenvalue weighted by molar-refractivity contribution is 4.85. The Balaban J connectivity index is 2.44. The van der Waals surface area contributed by atoms with Gasteiger partial charge in [0.1, 0.15) is 0 Å². The van der Waals surface area contributed by atoms with E-state index >= 15 is 0 Å². The minimum atomic E-state index is 0.615. The molecule has 0 radical (unpaired) electrons. The average Bonchev–Trinajstić information content (AvgIpc) is 2.39. The van der Waals surface area contributed by atoms with Crippen LogP contribution >= 0.6 is 0 Å². The SMILES string of the molecule is CCC(NC)C(C)N(C)C1CCN(CC)CC1. The van der Waals surface area contributed by atoms with E-state index < -0.39 is 0 Å². The topological polar surface area (TPSA) is 18.5 Å². The van der Waals surface area contributed by atoms with Crippen LogP contribution in [0.3, 0.4) is 0 Å². The molecule has 1 N–H and O–H groups in total. The Hall–Kier alpha value is -0.120. The van der Waals surface area contributed by atoms with Crippen LogP contribution in [0, 0.1) is 0 Å². The third kappa shape index (κ3) is 3.94. The summed E-state index contributed by atoms with van der Waals surface area (Å²) in [5.74, 6) is 0. The first-order valence-electron chi connectivity index (χ1n) is 7.25. The Morgan fingerprint density at radius 2 is 1.88 bits per heavy atom. The molecule has 1 fully saturated rings. The molecule has 2 atom stereocenters. The molecule has 1 saturated heterocycles. The van der Waals surface area contributed by atoms with E-state index in [0.29, 0.717) is 12.1 Å². The minimum absolute atomic E-state index is 0.615. The van der Waals surface area contributed by atoms with Gasteiger partial charge in [-0.2, -0.15) is 0 Å². The van der Waals surface area contributed by atoms with E-state index in [-0.39, 0.29) is 0 Å². The van der Waals surface area contributed by atoms with Gasteiger partial charge >= 0.3 is 0 Å². The maximum atomic E-state index is 3.44. The van der Waals surface area contributed by atoms with E-state index in [0.717, 1.165) is 6.04 Å². The van der Waals surface area contributed by atoms with Gasteiger partial charge in [0.05, 0.1) is 0 Å². The highest BCUT2D eigenvalue weighted by Gasteiger charge is 2.27. The van der Waals surface area contributed by atoms with Crippen LogP contribution in [0.4, 0.5) is 0 Å². The Morgan fingerprint density at radius 1 is 1.29 bits per heavy atom. The second-order valence-corrected chi connectivity index (χ2v) is 5.37. The lowest BCUT2D eigenvalue weighted by molar-refractivity contribution is 0.0890. The molecule has 1 rings (SSSR count). The summed E-state index contributed by atoms with van der Waals surface area (Å²) < 4.78 is 0. The zero-order valence-electron chi connectivity index (χ0n) is 12.4. The number of likely N-dealkylation sites (N-methyl/N-ethyl adjacent to an activating group) is 2. The highest BCUT2D eigenvalue weighted by Crippen LogP contribution is 2.19. The summed E-state index contributed by atoms with van der Waals surface area (Å²) in [7, 11) is 4.38. The van der Waals surface area contributed by atoms with Gasteiger partial charge < -0.3 is 10.2 Å². The first kappa shape index (κ1) is 14.9. The fourth-order valence-corrected chi connectivity index (χ4v) is 3.05. The van der Waals surface area contributed by atoms with E-state index in [1.807, 2.05) is 0 Å². The largest absolute Gasteiger partial charge is 0.315 e. The van der Waals surface area contributed by atoms with Crippen molar-refractivity contribution in [1.29, 1.82) is 0 Å². The van der Waals surface area contributed by atoms with Gasteiger partial charge in [-0.3, -0.25) is 4.90 Å². The lowest BCUT2D eigenvalue weighted by Crippen LogP contribution is -2.52. The third-order valence-corrected chi connectivity index (χ3v) is 4.62. The monoisotopic (exact) mass is 241 g/mol. The van der Waals surface area contributed by atoms with Gasteiger partial charge in [0.2, 0.25) is 0 Å². The fourth-order valence-electron chi connectivity index (χ4n) is 3.05. The summed E-state index contributed by atoms with van der Waals surface area (Å²) in [5, 5.41) is 3.44. The van der Waals surface area contributed by atoms with Crippen LogP contribution in [0.15, 0.2) is 0 Å². The lowest BCUT2D eigenvalue weighted by Gasteiger charge is -2.41. The van der Waals surface area contributed by atoms with E-state index in [9.17, 15) is 0 Å². The van der Waals surface area contributed by atoms with Gasteiger partial charge in [-0.1, -0.05) is 13.8 Å². The third-order valence-electron chi connectivity index (χ3n) is 4.62. The molecule has 102 valence electrons. The van der Waals surface area contributed by atoms with Crippen molar-refractivity contribution in [2.75, 3.05) is 33.7 Å². The summed E-state index contributed by atoms with van der Waals surface area (Å²) in [6, 6.07) is 2.02. The Labute approximate surface area is 108 Å². The molecule has 17 heavy (non-hydrogen) atoms. The van der Waals surface area contributed by atoms with Gasteiger partial charge in [-0.15, -0.1) is 0 Å². The first-order chi connectivity index (χ1) is 8.13. The first-order valence-corrected chi connectivity index (χ1v) is 7.25. The van der Waals surface area contributed by atoms with Crippen molar-refractivity contribution >= 4 is 0 Å². The van der Waals surface area contributed by atoms with Crippen LogP contribution in [0.25, 0.3) is 0 Å². The van der Waals surface area contributed by atoms with Crippen LogP contribution in [-0.2, 0) is 0 Å². The molecule has 0 aliphatic carbocycles. The number of likely N-dealkylation sites (tertiary alicyclic amines) is 1. The van der Waals surface area contributed by atoms with Crippen molar-refractivity contribution < 1.29 is 0 Å². The molecule has 2 unspecified atom stereocenters. The smallest absolute Gasteiger partial charge is 0.0220 e. The minimum Gasteiger partial charge on any atom is -0.315 e. The van der Waals surface area contributed by atoms with Gasteiger partial charge in [0.25, 0.3) is 0 Å². The van der Waals surface area contributed by atoms with Crippen molar-refractivity contribution in [2.24, 2.45) is 0 Å². The molecule has 0 bridgehead atoms. The van der Waals surface area contributed by atoms with E-state index in [2.05, 4.69) is 50.0 Å². The van der Waals surface area contributed by atoms with Crippen molar-refractivity contribution in [1.82, 2.24) is 15.1 Å². The predicted molar refractivity (Wildman–Crippen MR) is 75.5 cm³/mol. The van der Waals surface area contributed by atoms with Gasteiger partial charge in [0.15, 0.2) is 0 Å². The molecule has 0 aromatic carbocycles. The molecule has 0 aromatic rings. The van der Waals surface area contributed by atoms with Crippen LogP contribution in [0.1, 0.15) is 40.0 Å². The summed E-state index contributed by atoms with van der Waals surface area (Å²) in [6.07, 6.45) is 3.86. The second-order valence-electron chi connectivity index (χ2n) is 5.37. The molecule has 3 heteroatoms. The van der Waals surface area contributed by atoms with Crippen LogP contribution in [0.5, 0.6) is 0 Å². The predicted octanol–water partition coefficient (Wildman–Crippen LogP) is 1.79. The zero-order valence-corrected chi connectivity index (χ0v) is 12.4. The Kier molecular flexibility index (Phi) is 6.45. The van der Waals surface area contributed by atoms with Crippen LogP contribution in [0.2, 0.25) is 0 Å². The van der Waals surface area contributed by atoms with E-state index in [1.165, 1.54) is 38.9 Å². The second kappa shape index (κ2) is 7.34. The maximum absolute atomic E-state index is 3.44. The van der Waals surface area contributed by atoms with Crippen molar-refractivity contribution in [3.8, 4) is 0 Å². The van der Waals surface area contributed by atoms with E-state index in [1.54, 1.807) is 0 Å².